The van der Waals surface area contributed by atoms with Crippen LogP contribution < -0.4 is 0 Å². The minimum Gasteiger partial charge on any atom is -0.263 e. The largest absolute Gasteiger partial charge is 0.263 e. The number of aromatic nitrogens is 1. The first kappa shape index (κ1) is 12.5. The molecule has 3 rings (SSSR count). The van der Waals surface area contributed by atoms with Crippen LogP contribution >= 0.6 is 23.4 Å². The standard InChI is InChI=1S/C16H12ClNS/c17-14-6-7-15-13(8-14)9-18-10-16(15)19-11-12-4-2-1-3-5-12/h1-10H,11H2. The van der Waals surface area contributed by atoms with Gasteiger partial charge in [0.05, 0.1) is 0 Å². The van der Waals surface area contributed by atoms with E-state index in [2.05, 4.69) is 35.3 Å². The molecule has 3 aromatic rings. The van der Waals surface area contributed by atoms with Gasteiger partial charge in [-0.25, -0.2) is 0 Å². The van der Waals surface area contributed by atoms with Crippen LogP contribution in [0.4, 0.5) is 0 Å². The third kappa shape index (κ3) is 2.91. The maximum atomic E-state index is 6.01. The first-order chi connectivity index (χ1) is 9.33. The van der Waals surface area contributed by atoms with E-state index in [1.807, 2.05) is 30.6 Å². The van der Waals surface area contributed by atoms with Crippen molar-refractivity contribution >= 4 is 34.1 Å². The fourth-order valence-corrected chi connectivity index (χ4v) is 3.14. The van der Waals surface area contributed by atoms with E-state index in [-0.39, 0.29) is 0 Å². The summed E-state index contributed by atoms with van der Waals surface area (Å²) in [6, 6.07) is 16.4. The van der Waals surface area contributed by atoms with Crippen LogP contribution in [-0.4, -0.2) is 4.98 Å². The summed E-state index contributed by atoms with van der Waals surface area (Å²) in [6.07, 6.45) is 3.78. The lowest BCUT2D eigenvalue weighted by molar-refractivity contribution is 1.28. The van der Waals surface area contributed by atoms with Crippen molar-refractivity contribution in [3.05, 3.63) is 71.5 Å². The lowest BCUT2D eigenvalue weighted by Gasteiger charge is -2.06. The second-order valence-electron chi connectivity index (χ2n) is 4.28. The maximum Gasteiger partial charge on any atom is 0.0412 e. The molecule has 0 spiro atoms. The number of benzene rings is 2. The van der Waals surface area contributed by atoms with Gasteiger partial charge in [-0.2, -0.15) is 0 Å². The normalized spacial score (nSPS) is 10.8. The van der Waals surface area contributed by atoms with Gasteiger partial charge in [0.25, 0.3) is 0 Å². The fourth-order valence-electron chi connectivity index (χ4n) is 1.97. The third-order valence-electron chi connectivity index (χ3n) is 2.92. The van der Waals surface area contributed by atoms with E-state index in [9.17, 15) is 0 Å². The summed E-state index contributed by atoms with van der Waals surface area (Å²) in [5.41, 5.74) is 1.32. The quantitative estimate of drug-likeness (QED) is 0.615. The molecule has 3 heteroatoms. The van der Waals surface area contributed by atoms with Gasteiger partial charge in [-0.1, -0.05) is 48.0 Å². The zero-order chi connectivity index (χ0) is 13.1. The molecule has 1 nitrogen and oxygen atoms in total. The molecule has 0 saturated heterocycles. The number of hydrogen-bond donors (Lipinski definition) is 0. The molecule has 0 bridgehead atoms. The highest BCUT2D eigenvalue weighted by molar-refractivity contribution is 7.98. The van der Waals surface area contributed by atoms with Crippen LogP contribution in [0.25, 0.3) is 10.8 Å². The van der Waals surface area contributed by atoms with E-state index in [4.69, 9.17) is 11.6 Å². The molecule has 0 fully saturated rings. The minimum absolute atomic E-state index is 0.750. The molecule has 19 heavy (non-hydrogen) atoms. The molecule has 2 aromatic carbocycles. The molecular weight excluding hydrogens is 274 g/mol. The first-order valence-corrected chi connectivity index (χ1v) is 7.39. The summed E-state index contributed by atoms with van der Waals surface area (Å²) in [5, 5.41) is 3.05. The molecule has 1 heterocycles. The fraction of sp³-hybridized carbons (Fsp3) is 0.0625. The van der Waals surface area contributed by atoms with Crippen molar-refractivity contribution in [2.45, 2.75) is 10.6 Å². The van der Waals surface area contributed by atoms with Gasteiger partial charge in [-0.05, 0) is 23.1 Å². The monoisotopic (exact) mass is 285 g/mol. The first-order valence-electron chi connectivity index (χ1n) is 6.03. The molecule has 94 valence electrons. The van der Waals surface area contributed by atoms with Crippen molar-refractivity contribution < 1.29 is 0 Å². The van der Waals surface area contributed by atoms with Crippen LogP contribution in [0.3, 0.4) is 0 Å². The van der Waals surface area contributed by atoms with Crippen molar-refractivity contribution in [2.75, 3.05) is 0 Å². The second-order valence-corrected chi connectivity index (χ2v) is 5.73. The second kappa shape index (κ2) is 5.64. The lowest BCUT2D eigenvalue weighted by atomic mass is 10.2. The summed E-state index contributed by atoms with van der Waals surface area (Å²) in [5.74, 6) is 0.949. The molecule has 0 amide bonds. The van der Waals surface area contributed by atoms with Gasteiger partial charge < -0.3 is 0 Å². The van der Waals surface area contributed by atoms with Gasteiger partial charge in [0.2, 0.25) is 0 Å². The zero-order valence-corrected chi connectivity index (χ0v) is 11.8. The Hall–Kier alpha value is -1.51. The van der Waals surface area contributed by atoms with Gasteiger partial charge in [0.15, 0.2) is 0 Å². The van der Waals surface area contributed by atoms with Crippen LogP contribution in [0.2, 0.25) is 5.02 Å². The van der Waals surface area contributed by atoms with Crippen molar-refractivity contribution in [1.29, 1.82) is 0 Å². The van der Waals surface area contributed by atoms with Crippen LogP contribution in [0.1, 0.15) is 5.56 Å². The summed E-state index contributed by atoms with van der Waals surface area (Å²) >= 11 is 7.81. The van der Waals surface area contributed by atoms with Gasteiger partial charge in [0.1, 0.15) is 0 Å². The Balaban J connectivity index is 1.89. The number of rotatable bonds is 3. The molecule has 0 atom stereocenters. The maximum absolute atomic E-state index is 6.01. The van der Waals surface area contributed by atoms with Crippen molar-refractivity contribution in [3.8, 4) is 0 Å². The van der Waals surface area contributed by atoms with Gasteiger partial charge in [-0.15, -0.1) is 11.8 Å². The average molecular weight is 286 g/mol. The van der Waals surface area contributed by atoms with Crippen molar-refractivity contribution in [2.24, 2.45) is 0 Å². The van der Waals surface area contributed by atoms with Crippen LogP contribution in [0.5, 0.6) is 0 Å². The molecule has 0 aliphatic carbocycles. The van der Waals surface area contributed by atoms with E-state index in [1.165, 1.54) is 15.8 Å². The van der Waals surface area contributed by atoms with Crippen LogP contribution in [0, 0.1) is 0 Å². The van der Waals surface area contributed by atoms with Crippen molar-refractivity contribution in [3.63, 3.8) is 0 Å². The Morgan fingerprint density at radius 3 is 2.68 bits per heavy atom. The topological polar surface area (TPSA) is 12.9 Å². The number of thioether (sulfide) groups is 1. The third-order valence-corrected chi connectivity index (χ3v) is 4.27. The van der Waals surface area contributed by atoms with E-state index < -0.39 is 0 Å². The summed E-state index contributed by atoms with van der Waals surface area (Å²) in [6.45, 7) is 0. The van der Waals surface area contributed by atoms with Crippen LogP contribution in [-0.2, 0) is 5.75 Å². The molecule has 0 aliphatic heterocycles. The molecular formula is C16H12ClNS. The predicted molar refractivity (Wildman–Crippen MR) is 82.8 cm³/mol. The Bertz CT molecular complexity index is 697. The Kier molecular flexibility index (Phi) is 3.72. The number of pyridine rings is 1. The predicted octanol–water partition coefficient (Wildman–Crippen LogP) is 5.18. The van der Waals surface area contributed by atoms with E-state index in [0.29, 0.717) is 0 Å². The zero-order valence-electron chi connectivity index (χ0n) is 10.2. The van der Waals surface area contributed by atoms with Gasteiger partial charge >= 0.3 is 0 Å². The molecule has 0 saturated carbocycles. The highest BCUT2D eigenvalue weighted by Crippen LogP contribution is 2.30. The number of hydrogen-bond acceptors (Lipinski definition) is 2. The Morgan fingerprint density at radius 1 is 1.00 bits per heavy atom. The lowest BCUT2D eigenvalue weighted by Crippen LogP contribution is -1.83. The van der Waals surface area contributed by atoms with E-state index >= 15 is 0 Å². The summed E-state index contributed by atoms with van der Waals surface area (Å²) < 4.78 is 0. The Labute approximate surface area is 121 Å². The number of fused-ring (bicyclic) bond motifs is 1. The Morgan fingerprint density at radius 2 is 1.84 bits per heavy atom. The van der Waals surface area contributed by atoms with Gasteiger partial charge in [0, 0.05) is 33.5 Å². The number of halogens is 1. The van der Waals surface area contributed by atoms with Crippen molar-refractivity contribution in [1.82, 2.24) is 4.98 Å². The SMILES string of the molecule is Clc1ccc2c(SCc3ccccc3)cncc2c1. The van der Waals surface area contributed by atoms with Crippen LogP contribution in [0.15, 0.2) is 65.8 Å². The molecule has 1 aromatic heterocycles. The minimum atomic E-state index is 0.750. The summed E-state index contributed by atoms with van der Waals surface area (Å²) in [4.78, 5) is 5.48. The highest BCUT2D eigenvalue weighted by Gasteiger charge is 2.03. The molecule has 0 unspecified atom stereocenters. The summed E-state index contributed by atoms with van der Waals surface area (Å²) in [7, 11) is 0. The average Bonchev–Trinajstić information content (AvgIpc) is 2.45. The van der Waals surface area contributed by atoms with Gasteiger partial charge in [-0.3, -0.25) is 4.98 Å². The highest BCUT2D eigenvalue weighted by atomic mass is 35.5. The smallest absolute Gasteiger partial charge is 0.0412 e. The van der Waals surface area contributed by atoms with E-state index in [0.717, 1.165) is 16.2 Å². The van der Waals surface area contributed by atoms with E-state index in [1.54, 1.807) is 11.8 Å². The molecule has 0 radical (unpaired) electrons. The molecule has 0 N–H and O–H groups in total. The molecule has 0 aliphatic rings. The number of nitrogens with zero attached hydrogens (tertiary/aromatic N) is 1.